The molecule has 0 bridgehead atoms. The number of Topliss-reactive ketones (excluding diaryl/α,β-unsaturated/α-hetero) is 1. The molecule has 166 valence electrons. The average Bonchev–Trinajstić information content (AvgIpc) is 3.33. The molecule has 0 N–H and O–H groups in total. The number of carbonyl (C=O) groups excluding carboxylic acids is 2. The SMILES string of the molecule is Cc1nc2cc(F)ccc2cc1C(=O)OCC(=O)c1ccc(S(=O)(=O)N2CCCC2)cc1. The maximum Gasteiger partial charge on any atom is 0.340 e. The zero-order valence-corrected chi connectivity index (χ0v) is 18.2. The van der Waals surface area contributed by atoms with E-state index in [0.717, 1.165) is 12.8 Å². The third-order valence-corrected chi connectivity index (χ3v) is 7.32. The van der Waals surface area contributed by atoms with Crippen LogP contribution in [0.25, 0.3) is 10.9 Å². The van der Waals surface area contributed by atoms with Crippen LogP contribution in [0.15, 0.2) is 53.4 Å². The van der Waals surface area contributed by atoms with E-state index in [4.69, 9.17) is 4.74 Å². The van der Waals surface area contributed by atoms with Gasteiger partial charge in [0.25, 0.3) is 0 Å². The van der Waals surface area contributed by atoms with Gasteiger partial charge in [-0.05, 0) is 62.2 Å². The van der Waals surface area contributed by atoms with Crippen molar-refractivity contribution in [1.29, 1.82) is 0 Å². The van der Waals surface area contributed by atoms with Crippen LogP contribution < -0.4 is 0 Å². The summed E-state index contributed by atoms with van der Waals surface area (Å²) < 4.78 is 45.1. The zero-order chi connectivity index (χ0) is 22.9. The van der Waals surface area contributed by atoms with Crippen LogP contribution >= 0.6 is 0 Å². The Morgan fingerprint density at radius 2 is 1.75 bits per heavy atom. The van der Waals surface area contributed by atoms with Crippen molar-refractivity contribution in [2.24, 2.45) is 0 Å². The number of aryl methyl sites for hydroxylation is 1. The van der Waals surface area contributed by atoms with E-state index in [-0.39, 0.29) is 16.0 Å². The summed E-state index contributed by atoms with van der Waals surface area (Å²) >= 11 is 0. The molecule has 2 aromatic carbocycles. The highest BCUT2D eigenvalue weighted by Crippen LogP contribution is 2.22. The molecule has 0 spiro atoms. The average molecular weight is 456 g/mol. The van der Waals surface area contributed by atoms with E-state index in [1.54, 1.807) is 13.0 Å². The number of ketones is 1. The van der Waals surface area contributed by atoms with Gasteiger partial charge in [0.15, 0.2) is 12.4 Å². The zero-order valence-electron chi connectivity index (χ0n) is 17.4. The lowest BCUT2D eigenvalue weighted by atomic mass is 10.1. The number of ether oxygens (including phenoxy) is 1. The van der Waals surface area contributed by atoms with Gasteiger partial charge in [-0.3, -0.25) is 9.78 Å². The molecular formula is C23H21FN2O5S. The summed E-state index contributed by atoms with van der Waals surface area (Å²) in [6, 6.07) is 11.2. The number of hydrogen-bond acceptors (Lipinski definition) is 6. The molecule has 0 atom stereocenters. The standard InChI is InChI=1S/C23H21FN2O5S/c1-15-20(12-17-4-7-18(24)13-21(17)25-15)23(28)31-14-22(27)16-5-8-19(9-6-16)32(29,30)26-10-2-3-11-26/h4-9,12-13H,2-3,10-11,14H2,1H3. The normalized spacial score (nSPS) is 14.6. The number of aromatic nitrogens is 1. The molecule has 0 amide bonds. The summed E-state index contributed by atoms with van der Waals surface area (Å²) in [5.74, 6) is -1.61. The molecule has 7 nitrogen and oxygen atoms in total. The van der Waals surface area contributed by atoms with Gasteiger partial charge < -0.3 is 4.74 Å². The summed E-state index contributed by atoms with van der Waals surface area (Å²) in [5.41, 5.74) is 1.20. The van der Waals surface area contributed by atoms with Crippen LogP contribution in [-0.2, 0) is 14.8 Å². The summed E-state index contributed by atoms with van der Waals surface area (Å²) in [6.45, 7) is 2.09. The lowest BCUT2D eigenvalue weighted by Crippen LogP contribution is -2.27. The van der Waals surface area contributed by atoms with Crippen LogP contribution in [0.4, 0.5) is 4.39 Å². The minimum Gasteiger partial charge on any atom is -0.454 e. The molecule has 1 aromatic heterocycles. The molecule has 1 saturated heterocycles. The second-order valence-corrected chi connectivity index (χ2v) is 9.53. The first kappa shape index (κ1) is 22.0. The number of rotatable bonds is 6. The summed E-state index contributed by atoms with van der Waals surface area (Å²) in [4.78, 5) is 29.3. The maximum absolute atomic E-state index is 13.4. The van der Waals surface area contributed by atoms with E-state index in [9.17, 15) is 22.4 Å². The molecule has 1 aliphatic rings. The van der Waals surface area contributed by atoms with Crippen molar-refractivity contribution >= 4 is 32.7 Å². The van der Waals surface area contributed by atoms with Gasteiger partial charge in [-0.25, -0.2) is 17.6 Å². The predicted molar refractivity (Wildman–Crippen MR) is 115 cm³/mol. The van der Waals surface area contributed by atoms with Gasteiger partial charge in [-0.2, -0.15) is 4.31 Å². The molecule has 0 saturated carbocycles. The Hall–Kier alpha value is -3.17. The first-order valence-electron chi connectivity index (χ1n) is 10.1. The number of pyridine rings is 1. The number of esters is 1. The number of carbonyl (C=O) groups is 2. The smallest absolute Gasteiger partial charge is 0.340 e. The molecule has 2 heterocycles. The van der Waals surface area contributed by atoms with E-state index in [0.29, 0.717) is 29.7 Å². The minimum atomic E-state index is -3.56. The third-order valence-electron chi connectivity index (χ3n) is 5.40. The molecule has 1 fully saturated rings. The van der Waals surface area contributed by atoms with Crippen LogP contribution in [-0.4, -0.2) is 49.2 Å². The fraction of sp³-hybridized carbons (Fsp3) is 0.261. The highest BCUT2D eigenvalue weighted by atomic mass is 32.2. The van der Waals surface area contributed by atoms with Gasteiger partial charge >= 0.3 is 5.97 Å². The Morgan fingerprint density at radius 3 is 2.44 bits per heavy atom. The van der Waals surface area contributed by atoms with Crippen LogP contribution in [0.5, 0.6) is 0 Å². The second-order valence-electron chi connectivity index (χ2n) is 7.59. The van der Waals surface area contributed by atoms with Crippen molar-refractivity contribution < 1.29 is 27.1 Å². The minimum absolute atomic E-state index is 0.127. The van der Waals surface area contributed by atoms with Crippen LogP contribution in [0, 0.1) is 12.7 Å². The first-order valence-corrected chi connectivity index (χ1v) is 11.6. The number of sulfonamides is 1. The molecule has 3 aromatic rings. The van der Waals surface area contributed by atoms with Crippen molar-refractivity contribution in [2.75, 3.05) is 19.7 Å². The Balaban J connectivity index is 1.43. The number of hydrogen-bond donors (Lipinski definition) is 0. The van der Waals surface area contributed by atoms with E-state index in [1.165, 1.54) is 46.8 Å². The summed E-state index contributed by atoms with van der Waals surface area (Å²) in [6.07, 6.45) is 1.68. The second kappa shape index (κ2) is 8.76. The lowest BCUT2D eigenvalue weighted by molar-refractivity contribution is 0.0473. The van der Waals surface area contributed by atoms with Crippen molar-refractivity contribution in [3.8, 4) is 0 Å². The number of fused-ring (bicyclic) bond motifs is 1. The molecule has 9 heteroatoms. The quantitative estimate of drug-likeness (QED) is 0.416. The molecule has 32 heavy (non-hydrogen) atoms. The third kappa shape index (κ3) is 4.39. The molecule has 0 unspecified atom stereocenters. The molecule has 4 rings (SSSR count). The van der Waals surface area contributed by atoms with Crippen LogP contribution in [0.3, 0.4) is 0 Å². The van der Waals surface area contributed by atoms with E-state index in [1.807, 2.05) is 0 Å². The Kier molecular flexibility index (Phi) is 6.03. The van der Waals surface area contributed by atoms with E-state index >= 15 is 0 Å². The summed E-state index contributed by atoms with van der Waals surface area (Å²) in [7, 11) is -3.56. The molecule has 1 aliphatic heterocycles. The monoisotopic (exact) mass is 456 g/mol. The molecular weight excluding hydrogens is 435 g/mol. The number of benzene rings is 2. The predicted octanol–water partition coefficient (Wildman–Crippen LogP) is 3.51. The van der Waals surface area contributed by atoms with Crippen molar-refractivity contribution in [3.05, 3.63) is 71.2 Å². The van der Waals surface area contributed by atoms with Crippen LogP contribution in [0.1, 0.15) is 39.3 Å². The first-order chi connectivity index (χ1) is 15.3. The topological polar surface area (TPSA) is 93.6 Å². The molecule has 0 aliphatic carbocycles. The van der Waals surface area contributed by atoms with Gasteiger partial charge in [0.1, 0.15) is 5.82 Å². The fourth-order valence-electron chi connectivity index (χ4n) is 3.63. The Bertz CT molecular complexity index is 1300. The Labute approximate surface area is 184 Å². The Morgan fingerprint density at radius 1 is 1.06 bits per heavy atom. The van der Waals surface area contributed by atoms with Gasteiger partial charge in [-0.15, -0.1) is 0 Å². The lowest BCUT2D eigenvalue weighted by Gasteiger charge is -2.15. The highest BCUT2D eigenvalue weighted by molar-refractivity contribution is 7.89. The van der Waals surface area contributed by atoms with Gasteiger partial charge in [0, 0.05) is 30.1 Å². The van der Waals surface area contributed by atoms with Crippen molar-refractivity contribution in [3.63, 3.8) is 0 Å². The summed E-state index contributed by atoms with van der Waals surface area (Å²) in [5, 5.41) is 0.574. The number of halogens is 1. The van der Waals surface area contributed by atoms with Crippen molar-refractivity contribution in [2.45, 2.75) is 24.7 Å². The molecule has 0 radical (unpaired) electrons. The fourth-order valence-corrected chi connectivity index (χ4v) is 5.14. The maximum atomic E-state index is 13.4. The van der Waals surface area contributed by atoms with Gasteiger partial charge in [0.05, 0.1) is 21.7 Å². The van der Waals surface area contributed by atoms with Gasteiger partial charge in [0.2, 0.25) is 10.0 Å². The highest BCUT2D eigenvalue weighted by Gasteiger charge is 2.27. The van der Waals surface area contributed by atoms with Gasteiger partial charge in [-0.1, -0.05) is 0 Å². The number of nitrogens with zero attached hydrogens (tertiary/aromatic N) is 2. The van der Waals surface area contributed by atoms with Crippen molar-refractivity contribution in [1.82, 2.24) is 9.29 Å². The van der Waals surface area contributed by atoms with Crippen LogP contribution in [0.2, 0.25) is 0 Å². The largest absolute Gasteiger partial charge is 0.454 e. The van der Waals surface area contributed by atoms with E-state index < -0.39 is 34.2 Å². The van der Waals surface area contributed by atoms with E-state index in [2.05, 4.69) is 4.98 Å².